The van der Waals surface area contributed by atoms with Crippen LogP contribution in [0.5, 0.6) is 5.75 Å². The van der Waals surface area contributed by atoms with Crippen molar-refractivity contribution in [2.45, 2.75) is 68.8 Å². The van der Waals surface area contributed by atoms with Crippen LogP contribution in [-0.4, -0.2) is 55.1 Å². The van der Waals surface area contributed by atoms with Crippen LogP contribution in [0.3, 0.4) is 0 Å². The van der Waals surface area contributed by atoms with Crippen LogP contribution in [0.15, 0.2) is 95.9 Å². The van der Waals surface area contributed by atoms with Gasteiger partial charge in [-0.05, 0) is 110 Å². The summed E-state index contributed by atoms with van der Waals surface area (Å²) in [5.74, 6) is -2.02. The van der Waals surface area contributed by atoms with Gasteiger partial charge in [0.25, 0.3) is 0 Å². The van der Waals surface area contributed by atoms with Crippen LogP contribution in [0.2, 0.25) is 10.0 Å². The monoisotopic (exact) mass is 782 g/mol. The van der Waals surface area contributed by atoms with Crippen molar-refractivity contribution in [3.8, 4) is 5.75 Å². The lowest BCUT2D eigenvalue weighted by atomic mass is 9.70. The molecule has 4 atom stereocenters. The summed E-state index contributed by atoms with van der Waals surface area (Å²) in [4.78, 5) is 27.9. The molecule has 13 heteroatoms. The Bertz CT molecular complexity index is 2080. The van der Waals surface area contributed by atoms with E-state index >= 15 is 0 Å². The zero-order valence-electron chi connectivity index (χ0n) is 29.3. The number of fused-ring (bicyclic) bond motifs is 3. The number of amides is 1. The van der Waals surface area contributed by atoms with E-state index in [0.29, 0.717) is 35.1 Å². The van der Waals surface area contributed by atoms with E-state index < -0.39 is 45.5 Å². The molecular formula is C40H41Cl2FN2O7S. The zero-order chi connectivity index (χ0) is 37.9. The third kappa shape index (κ3) is 9.39. The second-order valence-electron chi connectivity index (χ2n) is 14.1. The Balaban J connectivity index is 1.29. The van der Waals surface area contributed by atoms with Gasteiger partial charge >= 0.3 is 5.97 Å². The van der Waals surface area contributed by atoms with Crippen LogP contribution in [0, 0.1) is 17.7 Å². The molecule has 1 fully saturated rings. The number of ether oxygens (including phenoxy) is 2. The second-order valence-corrected chi connectivity index (χ2v) is 16.7. The number of benzene rings is 4. The van der Waals surface area contributed by atoms with Gasteiger partial charge in [0, 0.05) is 41.2 Å². The Morgan fingerprint density at radius 2 is 1.62 bits per heavy atom. The molecule has 6 rings (SSSR count). The lowest BCUT2D eigenvalue weighted by Gasteiger charge is -2.51. The largest absolute Gasteiger partial charge is 0.487 e. The normalized spacial score (nSPS) is 20.5. The van der Waals surface area contributed by atoms with Crippen LogP contribution < -0.4 is 9.46 Å². The standard InChI is InChI=1S/C40H41Cl2FN2O7S/c1-40(2)34-23-33(39(48)45(18-16-37(46)47)24-27-6-4-8-29(42)20-27)36(22-26-5-3-7-28(41)19-26)51-38(34)32-21-25(9-14-35(32)52-40)15-17-44-53(49,50)31-12-10-30(43)11-13-31/h3-14,19-21,33-34,36,38,44H,15-18,22-24H2,1-2H3,(H,46,47)/t33-,34+,36+,38-/m0/s1. The summed E-state index contributed by atoms with van der Waals surface area (Å²) in [6, 6.07) is 24.9. The molecule has 0 aromatic heterocycles. The first-order valence-electron chi connectivity index (χ1n) is 17.4. The predicted molar refractivity (Wildman–Crippen MR) is 200 cm³/mol. The van der Waals surface area contributed by atoms with E-state index in [1.807, 2.05) is 56.3 Å². The molecule has 0 aliphatic carbocycles. The highest BCUT2D eigenvalue weighted by Gasteiger charge is 2.52. The molecule has 9 nitrogen and oxygen atoms in total. The van der Waals surface area contributed by atoms with Gasteiger partial charge in [0.05, 0.1) is 29.4 Å². The van der Waals surface area contributed by atoms with Gasteiger partial charge in [-0.2, -0.15) is 0 Å². The number of carboxylic acids is 1. The number of sulfonamides is 1. The fourth-order valence-electron chi connectivity index (χ4n) is 7.25. The number of nitrogens with one attached hydrogen (secondary N) is 1. The average Bonchev–Trinajstić information content (AvgIpc) is 3.10. The number of carbonyl (C=O) groups is 2. The smallest absolute Gasteiger partial charge is 0.305 e. The van der Waals surface area contributed by atoms with E-state index in [0.717, 1.165) is 34.4 Å². The number of rotatable bonds is 13. The molecule has 0 saturated carbocycles. The maximum atomic E-state index is 14.6. The highest BCUT2D eigenvalue weighted by Crippen LogP contribution is 2.53. The quantitative estimate of drug-likeness (QED) is 0.143. The first-order valence-corrected chi connectivity index (χ1v) is 19.6. The SMILES string of the molecule is CC1(C)Oc2ccc(CCNS(=O)(=O)c3ccc(F)cc3)cc2[C@@H]2O[C@H](Cc3cccc(Cl)c3)[C@@H](C(=O)N(CCC(=O)O)Cc3cccc(Cl)c3)C[C@H]21. The Morgan fingerprint density at radius 1 is 0.943 bits per heavy atom. The van der Waals surface area contributed by atoms with E-state index in [-0.39, 0.29) is 42.8 Å². The topological polar surface area (TPSA) is 122 Å². The van der Waals surface area contributed by atoms with Gasteiger partial charge in [0.15, 0.2) is 0 Å². The van der Waals surface area contributed by atoms with Crippen molar-refractivity contribution in [1.29, 1.82) is 0 Å². The maximum absolute atomic E-state index is 14.6. The number of hydrogen-bond donors (Lipinski definition) is 2. The van der Waals surface area contributed by atoms with Crippen molar-refractivity contribution in [3.05, 3.63) is 129 Å². The lowest BCUT2D eigenvalue weighted by molar-refractivity contribution is -0.184. The fourth-order valence-corrected chi connectivity index (χ4v) is 8.71. The van der Waals surface area contributed by atoms with Crippen molar-refractivity contribution >= 4 is 45.1 Å². The molecule has 53 heavy (non-hydrogen) atoms. The lowest BCUT2D eigenvalue weighted by Crippen LogP contribution is -2.54. The zero-order valence-corrected chi connectivity index (χ0v) is 31.6. The van der Waals surface area contributed by atoms with Crippen molar-refractivity contribution in [2.75, 3.05) is 13.1 Å². The number of carbonyl (C=O) groups excluding carboxylic acids is 1. The van der Waals surface area contributed by atoms with Crippen molar-refractivity contribution < 1.29 is 37.0 Å². The third-order valence-corrected chi connectivity index (χ3v) is 11.9. The second kappa shape index (κ2) is 16.2. The maximum Gasteiger partial charge on any atom is 0.305 e. The van der Waals surface area contributed by atoms with Gasteiger partial charge in [-0.15, -0.1) is 0 Å². The molecule has 4 aromatic rings. The number of halogens is 3. The minimum absolute atomic E-state index is 0.00611. The highest BCUT2D eigenvalue weighted by atomic mass is 35.5. The Labute approximate surface area is 319 Å². The molecule has 1 amide bonds. The van der Waals surface area contributed by atoms with E-state index in [1.54, 1.807) is 29.2 Å². The van der Waals surface area contributed by atoms with Crippen LogP contribution in [0.4, 0.5) is 4.39 Å². The molecule has 2 aliphatic heterocycles. The first kappa shape index (κ1) is 38.7. The molecular weight excluding hydrogens is 742 g/mol. The predicted octanol–water partition coefficient (Wildman–Crippen LogP) is 7.63. The molecule has 4 aromatic carbocycles. The van der Waals surface area contributed by atoms with Crippen molar-refractivity contribution in [1.82, 2.24) is 9.62 Å². The Hall–Kier alpha value is -4.00. The molecule has 0 spiro atoms. The number of carboxylic acid groups (broad SMARTS) is 1. The van der Waals surface area contributed by atoms with Gasteiger partial charge in [0.2, 0.25) is 15.9 Å². The van der Waals surface area contributed by atoms with Gasteiger partial charge in [-0.25, -0.2) is 17.5 Å². The molecule has 280 valence electrons. The van der Waals surface area contributed by atoms with Gasteiger partial charge in [0.1, 0.15) is 17.2 Å². The first-order chi connectivity index (χ1) is 25.2. The summed E-state index contributed by atoms with van der Waals surface area (Å²) < 4.78 is 55.1. The van der Waals surface area contributed by atoms with Gasteiger partial charge < -0.3 is 19.5 Å². The highest BCUT2D eigenvalue weighted by molar-refractivity contribution is 7.89. The molecule has 0 bridgehead atoms. The number of aliphatic carboxylic acids is 1. The summed E-state index contributed by atoms with van der Waals surface area (Å²) in [6.45, 7) is 4.24. The Morgan fingerprint density at radius 3 is 2.30 bits per heavy atom. The van der Waals surface area contributed by atoms with Crippen LogP contribution in [0.1, 0.15) is 55.0 Å². The average molecular weight is 784 g/mol. The summed E-state index contributed by atoms with van der Waals surface area (Å²) in [7, 11) is -3.84. The number of nitrogens with zero attached hydrogens (tertiary/aromatic N) is 1. The molecule has 1 saturated heterocycles. The van der Waals surface area contributed by atoms with Crippen molar-refractivity contribution in [3.63, 3.8) is 0 Å². The summed E-state index contributed by atoms with van der Waals surface area (Å²) in [5.41, 5.74) is 2.58. The fraction of sp³-hybridized carbons (Fsp3) is 0.350. The van der Waals surface area contributed by atoms with E-state index in [1.165, 1.54) is 12.1 Å². The van der Waals surface area contributed by atoms with E-state index in [9.17, 15) is 27.5 Å². The molecule has 2 heterocycles. The summed E-state index contributed by atoms with van der Waals surface area (Å²) >= 11 is 12.6. The third-order valence-electron chi connectivity index (χ3n) is 9.93. The van der Waals surface area contributed by atoms with Gasteiger partial charge in [-0.1, -0.05) is 53.5 Å². The van der Waals surface area contributed by atoms with E-state index in [2.05, 4.69) is 4.72 Å². The summed E-state index contributed by atoms with van der Waals surface area (Å²) in [5, 5.41) is 10.6. The van der Waals surface area contributed by atoms with Crippen LogP contribution >= 0.6 is 23.2 Å². The molecule has 2 N–H and O–H groups in total. The molecule has 0 radical (unpaired) electrons. The summed E-state index contributed by atoms with van der Waals surface area (Å²) in [6.07, 6.45) is -0.132. The number of hydrogen-bond acceptors (Lipinski definition) is 6. The van der Waals surface area contributed by atoms with E-state index in [4.69, 9.17) is 32.7 Å². The van der Waals surface area contributed by atoms with Crippen molar-refractivity contribution in [2.24, 2.45) is 11.8 Å². The Kier molecular flexibility index (Phi) is 11.8. The molecule has 0 unspecified atom stereocenters. The minimum Gasteiger partial charge on any atom is -0.487 e. The van der Waals surface area contributed by atoms with Crippen LogP contribution in [0.25, 0.3) is 0 Å². The minimum atomic E-state index is -3.84. The molecule has 2 aliphatic rings. The van der Waals surface area contributed by atoms with Gasteiger partial charge in [-0.3, -0.25) is 9.59 Å². The van der Waals surface area contributed by atoms with Crippen LogP contribution in [-0.2, 0) is 43.7 Å².